The summed E-state index contributed by atoms with van der Waals surface area (Å²) >= 11 is 3.67. The first-order valence-electron chi connectivity index (χ1n) is 10.1. The summed E-state index contributed by atoms with van der Waals surface area (Å²) in [7, 11) is 1.74. The number of ether oxygens (including phenoxy) is 1. The van der Waals surface area contributed by atoms with Crippen LogP contribution in [0, 0.1) is 0 Å². The predicted molar refractivity (Wildman–Crippen MR) is 125 cm³/mol. The van der Waals surface area contributed by atoms with Gasteiger partial charge in [0.25, 0.3) is 0 Å². The summed E-state index contributed by atoms with van der Waals surface area (Å²) in [5.74, 6) is 1.24. The van der Waals surface area contributed by atoms with Crippen LogP contribution in [-0.2, 0) is 6.42 Å². The smallest absolute Gasteiger partial charge is 0.133 e. The summed E-state index contributed by atoms with van der Waals surface area (Å²) in [6.45, 7) is 3.00. The van der Waals surface area contributed by atoms with E-state index in [0.29, 0.717) is 5.92 Å². The minimum absolute atomic E-state index is 0.334. The minimum Gasteiger partial charge on any atom is -0.496 e. The molecule has 0 spiro atoms. The van der Waals surface area contributed by atoms with Gasteiger partial charge in [-0.2, -0.15) is 0 Å². The van der Waals surface area contributed by atoms with Crippen molar-refractivity contribution in [1.29, 1.82) is 0 Å². The van der Waals surface area contributed by atoms with Crippen LogP contribution in [0.5, 0.6) is 5.75 Å². The fraction of sp³-hybridized carbons (Fsp3) is 0.231. The Balaban J connectivity index is 1.62. The molecule has 3 aromatic carbocycles. The molecule has 0 saturated heterocycles. The molecule has 1 aliphatic heterocycles. The van der Waals surface area contributed by atoms with Gasteiger partial charge in [0.05, 0.1) is 11.6 Å². The molecule has 0 amide bonds. The lowest BCUT2D eigenvalue weighted by atomic mass is 9.88. The van der Waals surface area contributed by atoms with Crippen LogP contribution in [0.15, 0.2) is 83.3 Å². The first-order chi connectivity index (χ1) is 14.2. The molecular formula is C26H26BrNO. The molecule has 1 heterocycles. The maximum absolute atomic E-state index is 5.61. The first-order valence-corrected chi connectivity index (χ1v) is 10.9. The maximum atomic E-state index is 5.61. The van der Waals surface area contributed by atoms with Gasteiger partial charge in [-0.3, -0.25) is 4.90 Å². The van der Waals surface area contributed by atoms with Crippen LogP contribution in [0.1, 0.15) is 28.2 Å². The quantitative estimate of drug-likeness (QED) is 0.464. The highest BCUT2D eigenvalue weighted by Gasteiger charge is 2.25. The molecule has 2 nitrogen and oxygen atoms in total. The van der Waals surface area contributed by atoms with E-state index in [2.05, 4.69) is 106 Å². The largest absolute Gasteiger partial charge is 0.496 e. The van der Waals surface area contributed by atoms with Gasteiger partial charge in [0, 0.05) is 25.6 Å². The number of rotatable bonds is 5. The van der Waals surface area contributed by atoms with Gasteiger partial charge in [-0.25, -0.2) is 0 Å². The van der Waals surface area contributed by atoms with Gasteiger partial charge < -0.3 is 4.74 Å². The second-order valence-electron chi connectivity index (χ2n) is 7.47. The lowest BCUT2D eigenvalue weighted by molar-refractivity contribution is 0.306. The number of halogens is 1. The highest BCUT2D eigenvalue weighted by Crippen LogP contribution is 2.37. The average Bonchev–Trinajstić information content (AvgIpc) is 2.94. The number of hydrogen-bond donors (Lipinski definition) is 0. The second kappa shape index (κ2) is 9.43. The van der Waals surface area contributed by atoms with E-state index < -0.39 is 0 Å². The molecule has 4 rings (SSSR count). The lowest BCUT2D eigenvalue weighted by Gasteiger charge is -2.24. The molecule has 3 aromatic rings. The molecule has 148 valence electrons. The van der Waals surface area contributed by atoms with E-state index >= 15 is 0 Å². The van der Waals surface area contributed by atoms with Crippen LogP contribution < -0.4 is 4.74 Å². The van der Waals surface area contributed by atoms with Crippen molar-refractivity contribution in [3.8, 4) is 5.75 Å². The number of methoxy groups -OCH3 is 1. The zero-order valence-electron chi connectivity index (χ0n) is 16.7. The van der Waals surface area contributed by atoms with Crippen molar-refractivity contribution in [2.45, 2.75) is 12.3 Å². The summed E-state index contributed by atoms with van der Waals surface area (Å²) in [5.41, 5.74) is 5.39. The van der Waals surface area contributed by atoms with Gasteiger partial charge in [0.2, 0.25) is 0 Å². The van der Waals surface area contributed by atoms with E-state index in [1.807, 2.05) is 0 Å². The molecule has 29 heavy (non-hydrogen) atoms. The molecule has 3 heteroatoms. The monoisotopic (exact) mass is 447 g/mol. The zero-order chi connectivity index (χ0) is 20.1. The molecule has 0 radical (unpaired) electrons. The SMILES string of the molecule is COc1cc2c(cc1Br)CCN(C/C=C/c1ccccc1)CC2c1ccccc1. The normalized spacial score (nSPS) is 17.1. The van der Waals surface area contributed by atoms with Gasteiger partial charge >= 0.3 is 0 Å². The molecule has 0 aliphatic carbocycles. The first kappa shape index (κ1) is 19.9. The van der Waals surface area contributed by atoms with E-state index in [0.717, 1.165) is 36.3 Å². The third kappa shape index (κ3) is 4.80. The van der Waals surface area contributed by atoms with E-state index in [-0.39, 0.29) is 0 Å². The Hall–Kier alpha value is -2.36. The second-order valence-corrected chi connectivity index (χ2v) is 8.33. The average molecular weight is 448 g/mol. The molecule has 1 aliphatic rings. The molecule has 0 aromatic heterocycles. The highest BCUT2D eigenvalue weighted by atomic mass is 79.9. The van der Waals surface area contributed by atoms with Crippen LogP contribution in [0.25, 0.3) is 6.08 Å². The summed E-state index contributed by atoms with van der Waals surface area (Å²) in [5, 5.41) is 0. The van der Waals surface area contributed by atoms with E-state index in [1.54, 1.807) is 7.11 Å². The number of hydrogen-bond acceptors (Lipinski definition) is 2. The van der Waals surface area contributed by atoms with Crippen molar-refractivity contribution in [3.05, 3.63) is 106 Å². The van der Waals surface area contributed by atoms with Crippen molar-refractivity contribution >= 4 is 22.0 Å². The summed E-state index contributed by atoms with van der Waals surface area (Å²) in [6, 6.07) is 25.8. The number of nitrogens with zero attached hydrogens (tertiary/aromatic N) is 1. The Morgan fingerprint density at radius 2 is 1.76 bits per heavy atom. The Bertz CT molecular complexity index is 969. The van der Waals surface area contributed by atoms with Gasteiger partial charge in [0.1, 0.15) is 5.75 Å². The van der Waals surface area contributed by atoms with Gasteiger partial charge in [-0.15, -0.1) is 0 Å². The molecular weight excluding hydrogens is 422 g/mol. The van der Waals surface area contributed by atoms with Crippen LogP contribution >= 0.6 is 15.9 Å². The summed E-state index contributed by atoms with van der Waals surface area (Å²) in [6.07, 6.45) is 5.54. The third-order valence-electron chi connectivity index (χ3n) is 5.60. The fourth-order valence-corrected chi connectivity index (χ4v) is 4.62. The summed E-state index contributed by atoms with van der Waals surface area (Å²) < 4.78 is 6.64. The van der Waals surface area contributed by atoms with Crippen molar-refractivity contribution in [2.75, 3.05) is 26.7 Å². The molecule has 0 saturated carbocycles. The molecule has 0 bridgehead atoms. The lowest BCUT2D eigenvalue weighted by Crippen LogP contribution is -2.29. The van der Waals surface area contributed by atoms with Crippen LogP contribution in [0.2, 0.25) is 0 Å². The van der Waals surface area contributed by atoms with Crippen molar-refractivity contribution in [1.82, 2.24) is 4.90 Å². The Labute approximate surface area is 182 Å². The van der Waals surface area contributed by atoms with Crippen molar-refractivity contribution in [3.63, 3.8) is 0 Å². The molecule has 1 unspecified atom stereocenters. The molecule has 0 fully saturated rings. The van der Waals surface area contributed by atoms with Crippen molar-refractivity contribution in [2.24, 2.45) is 0 Å². The van der Waals surface area contributed by atoms with E-state index in [1.165, 1.54) is 22.3 Å². The van der Waals surface area contributed by atoms with Crippen LogP contribution in [-0.4, -0.2) is 31.6 Å². The third-order valence-corrected chi connectivity index (χ3v) is 6.22. The standard InChI is InChI=1S/C26H26BrNO/c1-29-26-18-23-22(17-25(26)27)14-16-28(15-8-11-20-9-4-2-5-10-20)19-24(23)21-12-6-3-7-13-21/h2-13,17-18,24H,14-16,19H2,1H3/b11-8+. The van der Waals surface area contributed by atoms with Gasteiger partial charge in [-0.1, -0.05) is 72.8 Å². The zero-order valence-corrected chi connectivity index (χ0v) is 18.3. The van der Waals surface area contributed by atoms with Gasteiger partial charge in [-0.05, 0) is 56.7 Å². The van der Waals surface area contributed by atoms with E-state index in [9.17, 15) is 0 Å². The maximum Gasteiger partial charge on any atom is 0.133 e. The topological polar surface area (TPSA) is 12.5 Å². The molecule has 0 N–H and O–H groups in total. The predicted octanol–water partition coefficient (Wildman–Crippen LogP) is 6.16. The Morgan fingerprint density at radius 3 is 2.48 bits per heavy atom. The highest BCUT2D eigenvalue weighted by molar-refractivity contribution is 9.10. The van der Waals surface area contributed by atoms with Crippen LogP contribution in [0.3, 0.4) is 0 Å². The molecule has 1 atom stereocenters. The minimum atomic E-state index is 0.334. The number of fused-ring (bicyclic) bond motifs is 1. The van der Waals surface area contributed by atoms with Gasteiger partial charge in [0.15, 0.2) is 0 Å². The number of benzene rings is 3. The van der Waals surface area contributed by atoms with E-state index in [4.69, 9.17) is 4.74 Å². The fourth-order valence-electron chi connectivity index (χ4n) is 4.07. The van der Waals surface area contributed by atoms with Crippen LogP contribution in [0.4, 0.5) is 0 Å². The Morgan fingerprint density at radius 1 is 1.03 bits per heavy atom. The Kier molecular flexibility index (Phi) is 6.48. The van der Waals surface area contributed by atoms with Crippen molar-refractivity contribution < 1.29 is 4.74 Å². The summed E-state index contributed by atoms with van der Waals surface area (Å²) in [4.78, 5) is 2.55.